The molecule has 0 aliphatic heterocycles. The van der Waals surface area contributed by atoms with E-state index >= 15 is 0 Å². The average molecular weight is 448 g/mol. The summed E-state index contributed by atoms with van der Waals surface area (Å²) < 4.78 is 40.6. The number of hydrogen-bond donors (Lipinski definition) is 1. The normalized spacial score (nSPS) is 13.1. The van der Waals surface area contributed by atoms with E-state index in [4.69, 9.17) is 9.47 Å². The maximum absolute atomic E-state index is 14.9. The molecule has 1 aliphatic rings. The number of carbonyl (C=O) groups excluding carboxylic acids is 1. The summed E-state index contributed by atoms with van der Waals surface area (Å²) in [7, 11) is 1.41. The van der Waals surface area contributed by atoms with Crippen molar-refractivity contribution in [1.29, 1.82) is 0 Å². The number of nitrogens with zero attached hydrogens (tertiary/aromatic N) is 3. The van der Waals surface area contributed by atoms with Gasteiger partial charge in [-0.3, -0.25) is 19.7 Å². The van der Waals surface area contributed by atoms with E-state index in [-0.39, 0.29) is 28.7 Å². The van der Waals surface area contributed by atoms with Crippen LogP contribution in [-0.2, 0) is 0 Å². The number of ether oxygens (including phenoxy) is 2. The van der Waals surface area contributed by atoms with Crippen molar-refractivity contribution in [1.82, 2.24) is 15.0 Å². The van der Waals surface area contributed by atoms with Crippen LogP contribution in [0.1, 0.15) is 34.8 Å². The zero-order valence-corrected chi connectivity index (χ0v) is 17.5. The van der Waals surface area contributed by atoms with Crippen LogP contribution in [0.2, 0.25) is 0 Å². The van der Waals surface area contributed by atoms with Crippen molar-refractivity contribution in [2.24, 2.45) is 0 Å². The molecule has 7 nitrogen and oxygen atoms in total. The van der Waals surface area contributed by atoms with Crippen molar-refractivity contribution in [3.63, 3.8) is 0 Å². The lowest BCUT2D eigenvalue weighted by Crippen LogP contribution is -2.14. The minimum Gasteiger partial charge on any atom is -0.496 e. The van der Waals surface area contributed by atoms with Crippen LogP contribution in [-0.4, -0.2) is 28.0 Å². The van der Waals surface area contributed by atoms with Gasteiger partial charge >= 0.3 is 0 Å². The number of pyridine rings is 3. The van der Waals surface area contributed by atoms with Crippen LogP contribution in [0.3, 0.4) is 0 Å². The first-order valence-corrected chi connectivity index (χ1v) is 10.2. The maximum atomic E-state index is 14.9. The van der Waals surface area contributed by atoms with Crippen LogP contribution in [0, 0.1) is 11.6 Å². The summed E-state index contributed by atoms with van der Waals surface area (Å²) in [6.07, 6.45) is 7.95. The number of halogens is 2. The van der Waals surface area contributed by atoms with Crippen molar-refractivity contribution in [2.75, 3.05) is 12.4 Å². The molecule has 166 valence electrons. The quantitative estimate of drug-likeness (QED) is 0.435. The Hall–Kier alpha value is -4.14. The highest BCUT2D eigenvalue weighted by molar-refractivity contribution is 6.06. The molecular weight excluding hydrogens is 430 g/mol. The van der Waals surface area contributed by atoms with Gasteiger partial charge in [0.1, 0.15) is 11.5 Å². The largest absolute Gasteiger partial charge is 0.496 e. The van der Waals surface area contributed by atoms with E-state index in [1.54, 1.807) is 18.3 Å². The molecule has 1 saturated carbocycles. The predicted octanol–water partition coefficient (Wildman–Crippen LogP) is 5.23. The number of amides is 1. The Labute approximate surface area is 187 Å². The second-order valence-electron chi connectivity index (χ2n) is 7.57. The number of hydrogen-bond acceptors (Lipinski definition) is 6. The Balaban J connectivity index is 1.45. The number of benzene rings is 1. The SMILES string of the molecule is COc1ccncc1C(=O)Nc1cc(F)c(Oc2ccnc3ccnc(C4CC4)c23)c(F)c1. The van der Waals surface area contributed by atoms with Crippen LogP contribution in [0.25, 0.3) is 10.9 Å². The molecule has 3 heterocycles. The molecule has 1 aliphatic carbocycles. The standard InChI is InChI=1S/C24H18F2N4O3/c1-32-19-5-7-27-12-15(19)24(31)30-14-10-16(25)23(17(26)11-14)33-20-6-9-28-18-4-8-29-22(21(18)20)13-2-3-13/h4-13H,2-3H2,1H3,(H,30,31). The van der Waals surface area contributed by atoms with E-state index in [0.717, 1.165) is 30.7 Å². The molecule has 1 fully saturated rings. The molecule has 5 rings (SSSR count). The van der Waals surface area contributed by atoms with Gasteiger partial charge in [0, 0.05) is 48.5 Å². The zero-order chi connectivity index (χ0) is 22.9. The van der Waals surface area contributed by atoms with E-state index in [1.807, 2.05) is 0 Å². The molecule has 0 spiro atoms. The second-order valence-corrected chi connectivity index (χ2v) is 7.57. The van der Waals surface area contributed by atoms with Crippen molar-refractivity contribution in [3.8, 4) is 17.2 Å². The second kappa shape index (κ2) is 8.42. The van der Waals surface area contributed by atoms with Crippen molar-refractivity contribution in [2.45, 2.75) is 18.8 Å². The summed E-state index contributed by atoms with van der Waals surface area (Å²) in [5.74, 6) is -2.29. The topological polar surface area (TPSA) is 86.2 Å². The van der Waals surface area contributed by atoms with E-state index < -0.39 is 23.3 Å². The fraction of sp³-hybridized carbons (Fsp3) is 0.167. The highest BCUT2D eigenvalue weighted by Gasteiger charge is 2.29. The summed E-state index contributed by atoms with van der Waals surface area (Å²) in [5, 5.41) is 3.09. The molecule has 1 aromatic carbocycles. The first kappa shape index (κ1) is 20.7. The van der Waals surface area contributed by atoms with Gasteiger partial charge in [-0.1, -0.05) is 0 Å². The van der Waals surface area contributed by atoms with Crippen LogP contribution in [0.5, 0.6) is 17.2 Å². The van der Waals surface area contributed by atoms with E-state index in [0.29, 0.717) is 10.9 Å². The number of methoxy groups -OCH3 is 1. The fourth-order valence-corrected chi connectivity index (χ4v) is 3.62. The zero-order valence-electron chi connectivity index (χ0n) is 17.5. The number of rotatable bonds is 6. The van der Waals surface area contributed by atoms with Gasteiger partial charge in [-0.05, 0) is 31.0 Å². The van der Waals surface area contributed by atoms with Crippen molar-refractivity contribution >= 4 is 22.5 Å². The number of anilines is 1. The molecule has 0 bridgehead atoms. The van der Waals surface area contributed by atoms with E-state index in [2.05, 4.69) is 20.3 Å². The van der Waals surface area contributed by atoms with Gasteiger partial charge in [-0.15, -0.1) is 0 Å². The van der Waals surface area contributed by atoms with Gasteiger partial charge in [0.25, 0.3) is 5.91 Å². The molecule has 0 saturated heterocycles. The molecule has 3 aromatic heterocycles. The Morgan fingerprint density at radius 3 is 2.48 bits per heavy atom. The van der Waals surface area contributed by atoms with Crippen LogP contribution in [0.15, 0.2) is 55.1 Å². The predicted molar refractivity (Wildman–Crippen MR) is 117 cm³/mol. The van der Waals surface area contributed by atoms with Gasteiger partial charge in [0.05, 0.1) is 29.3 Å². The molecule has 4 aromatic rings. The molecular formula is C24H18F2N4O3. The molecule has 0 atom stereocenters. The van der Waals surface area contributed by atoms with E-state index in [1.165, 1.54) is 31.8 Å². The summed E-state index contributed by atoms with van der Waals surface area (Å²) in [6.45, 7) is 0. The summed E-state index contributed by atoms with van der Waals surface area (Å²) in [4.78, 5) is 25.2. The first-order valence-electron chi connectivity index (χ1n) is 10.2. The third-order valence-corrected chi connectivity index (χ3v) is 5.32. The molecule has 9 heteroatoms. The number of nitrogens with one attached hydrogen (secondary N) is 1. The van der Waals surface area contributed by atoms with Crippen LogP contribution < -0.4 is 14.8 Å². The van der Waals surface area contributed by atoms with Gasteiger partial charge in [0.2, 0.25) is 0 Å². The van der Waals surface area contributed by atoms with Gasteiger partial charge in [0.15, 0.2) is 17.4 Å². The number of fused-ring (bicyclic) bond motifs is 1. The lowest BCUT2D eigenvalue weighted by Gasteiger charge is -2.14. The average Bonchev–Trinajstić information content (AvgIpc) is 3.66. The number of carbonyl (C=O) groups is 1. The summed E-state index contributed by atoms with van der Waals surface area (Å²) >= 11 is 0. The van der Waals surface area contributed by atoms with Crippen LogP contribution >= 0.6 is 0 Å². The van der Waals surface area contributed by atoms with Gasteiger partial charge in [-0.25, -0.2) is 8.78 Å². The summed E-state index contributed by atoms with van der Waals surface area (Å²) in [5.41, 5.74) is 1.50. The lowest BCUT2D eigenvalue weighted by atomic mass is 10.1. The molecule has 1 amide bonds. The minimum atomic E-state index is -0.967. The van der Waals surface area contributed by atoms with Crippen molar-refractivity contribution < 1.29 is 23.0 Å². The Morgan fingerprint density at radius 2 is 1.76 bits per heavy atom. The Morgan fingerprint density at radius 1 is 1.03 bits per heavy atom. The van der Waals surface area contributed by atoms with Gasteiger partial charge < -0.3 is 14.8 Å². The summed E-state index contributed by atoms with van der Waals surface area (Å²) in [6, 6.07) is 6.77. The van der Waals surface area contributed by atoms with Crippen LogP contribution in [0.4, 0.5) is 14.5 Å². The Bertz CT molecular complexity index is 1350. The fourth-order valence-electron chi connectivity index (χ4n) is 3.62. The number of aromatic nitrogens is 3. The molecule has 33 heavy (non-hydrogen) atoms. The highest BCUT2D eigenvalue weighted by Crippen LogP contribution is 2.44. The lowest BCUT2D eigenvalue weighted by molar-refractivity contribution is 0.102. The molecule has 0 unspecified atom stereocenters. The highest BCUT2D eigenvalue weighted by atomic mass is 19.1. The van der Waals surface area contributed by atoms with Crippen molar-refractivity contribution in [3.05, 3.63) is 78.0 Å². The maximum Gasteiger partial charge on any atom is 0.261 e. The van der Waals surface area contributed by atoms with Gasteiger partial charge in [-0.2, -0.15) is 0 Å². The Kier molecular flexibility index (Phi) is 5.29. The minimum absolute atomic E-state index is 0.0758. The third kappa shape index (κ3) is 4.05. The molecule has 0 radical (unpaired) electrons. The third-order valence-electron chi connectivity index (χ3n) is 5.32. The molecule has 1 N–H and O–H groups in total. The first-order chi connectivity index (χ1) is 16.0. The van der Waals surface area contributed by atoms with E-state index in [9.17, 15) is 13.6 Å². The smallest absolute Gasteiger partial charge is 0.261 e. The monoisotopic (exact) mass is 448 g/mol.